The van der Waals surface area contributed by atoms with Gasteiger partial charge in [0, 0.05) is 13.1 Å². The molecule has 1 aliphatic rings. The van der Waals surface area contributed by atoms with Crippen molar-refractivity contribution in [2.45, 2.75) is 24.7 Å². The number of amides is 1. The predicted octanol–water partition coefficient (Wildman–Crippen LogP) is -0.575. The number of carbonyl (C=O) groups is 1. The van der Waals surface area contributed by atoms with E-state index in [9.17, 15) is 15.0 Å². The second-order valence-electron chi connectivity index (χ2n) is 4.91. The molecule has 5 nitrogen and oxygen atoms in total. The Labute approximate surface area is 106 Å². The van der Waals surface area contributed by atoms with E-state index in [0.717, 1.165) is 0 Å². The van der Waals surface area contributed by atoms with E-state index in [-0.39, 0.29) is 19.0 Å². The van der Waals surface area contributed by atoms with Gasteiger partial charge in [-0.05, 0) is 12.5 Å². The van der Waals surface area contributed by atoms with E-state index < -0.39 is 17.7 Å². The number of hydrogen-bond donors (Lipinski definition) is 3. The number of rotatable bonds is 2. The number of benzene rings is 1. The second-order valence-corrected chi connectivity index (χ2v) is 4.91. The Bertz CT molecular complexity index is 423. The number of nitrogens with zero attached hydrogens (tertiary/aromatic N) is 1. The summed E-state index contributed by atoms with van der Waals surface area (Å²) in [6.07, 6.45) is -1.78. The van der Waals surface area contributed by atoms with Gasteiger partial charge in [0.15, 0.2) is 0 Å². The van der Waals surface area contributed by atoms with Crippen LogP contribution in [0.5, 0.6) is 0 Å². The highest BCUT2D eigenvalue weighted by Crippen LogP contribution is 2.23. The van der Waals surface area contributed by atoms with Crippen molar-refractivity contribution in [3.8, 4) is 0 Å². The minimum atomic E-state index is -1.15. The molecule has 1 saturated heterocycles. The molecule has 1 aromatic rings. The highest BCUT2D eigenvalue weighted by molar-refractivity contribution is 5.87. The monoisotopic (exact) mass is 250 g/mol. The van der Waals surface area contributed by atoms with E-state index in [2.05, 4.69) is 0 Å². The standard InChI is InChI=1S/C13H18N2O3/c1-13(14,9-5-3-2-4-6-9)12(18)15-7-10(16)11(17)8-15/h2-6,10-11,16-17H,7-8,14H2,1H3/t10-,11+,13?. The van der Waals surface area contributed by atoms with Crippen molar-refractivity contribution >= 4 is 5.91 Å². The zero-order valence-electron chi connectivity index (χ0n) is 10.3. The summed E-state index contributed by atoms with van der Waals surface area (Å²) in [6.45, 7) is 1.89. The lowest BCUT2D eigenvalue weighted by Crippen LogP contribution is -2.50. The molecule has 0 aromatic heterocycles. The lowest BCUT2D eigenvalue weighted by atomic mass is 9.92. The molecular formula is C13H18N2O3. The van der Waals surface area contributed by atoms with Crippen molar-refractivity contribution in [1.29, 1.82) is 0 Å². The van der Waals surface area contributed by atoms with Gasteiger partial charge >= 0.3 is 0 Å². The Morgan fingerprint density at radius 3 is 2.28 bits per heavy atom. The molecule has 1 fully saturated rings. The molecule has 5 heteroatoms. The average Bonchev–Trinajstić information content (AvgIpc) is 2.69. The van der Waals surface area contributed by atoms with Crippen LogP contribution in [0.4, 0.5) is 0 Å². The van der Waals surface area contributed by atoms with Crippen molar-refractivity contribution in [1.82, 2.24) is 4.90 Å². The highest BCUT2D eigenvalue weighted by atomic mass is 16.3. The molecule has 2 rings (SSSR count). The minimum Gasteiger partial charge on any atom is -0.388 e. The summed E-state index contributed by atoms with van der Waals surface area (Å²) >= 11 is 0. The van der Waals surface area contributed by atoms with Gasteiger partial charge in [-0.2, -0.15) is 0 Å². The molecule has 4 N–H and O–H groups in total. The number of β-amino-alcohol motifs (C(OH)–C–C–N with tert-alkyl or cyclic N) is 2. The molecule has 3 atom stereocenters. The van der Waals surface area contributed by atoms with Gasteiger partial charge in [0.1, 0.15) is 5.54 Å². The van der Waals surface area contributed by atoms with Crippen molar-refractivity contribution in [2.24, 2.45) is 5.73 Å². The van der Waals surface area contributed by atoms with E-state index in [1.54, 1.807) is 19.1 Å². The van der Waals surface area contributed by atoms with Crippen molar-refractivity contribution in [3.05, 3.63) is 35.9 Å². The smallest absolute Gasteiger partial charge is 0.247 e. The minimum absolute atomic E-state index is 0.125. The first-order chi connectivity index (χ1) is 8.43. The van der Waals surface area contributed by atoms with Gasteiger partial charge in [-0.1, -0.05) is 30.3 Å². The summed E-state index contributed by atoms with van der Waals surface area (Å²) in [5, 5.41) is 18.9. The molecule has 18 heavy (non-hydrogen) atoms. The van der Waals surface area contributed by atoms with Crippen LogP contribution >= 0.6 is 0 Å². The fourth-order valence-corrected chi connectivity index (χ4v) is 2.17. The fraction of sp³-hybridized carbons (Fsp3) is 0.462. The SMILES string of the molecule is CC(N)(C(=O)N1C[C@@H](O)[C@@H](O)C1)c1ccccc1. The molecule has 0 aliphatic carbocycles. The lowest BCUT2D eigenvalue weighted by Gasteiger charge is -2.29. The van der Waals surface area contributed by atoms with Gasteiger partial charge in [0.05, 0.1) is 12.2 Å². The largest absolute Gasteiger partial charge is 0.388 e. The van der Waals surface area contributed by atoms with Gasteiger partial charge in [0.2, 0.25) is 5.91 Å². The summed E-state index contributed by atoms with van der Waals surface area (Å²) < 4.78 is 0. The number of nitrogens with two attached hydrogens (primary N) is 1. The van der Waals surface area contributed by atoms with Gasteiger partial charge < -0.3 is 20.8 Å². The molecule has 1 heterocycles. The Hall–Kier alpha value is -1.43. The highest BCUT2D eigenvalue weighted by Gasteiger charge is 2.40. The first-order valence-corrected chi connectivity index (χ1v) is 5.93. The summed E-state index contributed by atoms with van der Waals surface area (Å²) in [7, 11) is 0. The van der Waals surface area contributed by atoms with Gasteiger partial charge in [-0.15, -0.1) is 0 Å². The Morgan fingerprint density at radius 2 is 1.78 bits per heavy atom. The van der Waals surface area contributed by atoms with E-state index in [4.69, 9.17) is 5.73 Å². The predicted molar refractivity (Wildman–Crippen MR) is 66.6 cm³/mol. The second kappa shape index (κ2) is 4.68. The summed E-state index contributed by atoms with van der Waals surface area (Å²) in [6, 6.07) is 9.08. The maximum Gasteiger partial charge on any atom is 0.247 e. The third-order valence-electron chi connectivity index (χ3n) is 3.36. The normalized spacial score (nSPS) is 27.0. The summed E-state index contributed by atoms with van der Waals surface area (Å²) in [5.74, 6) is -0.288. The molecular weight excluding hydrogens is 232 g/mol. The lowest BCUT2D eigenvalue weighted by molar-refractivity contribution is -0.136. The molecule has 0 radical (unpaired) electrons. The van der Waals surface area contributed by atoms with Gasteiger partial charge in [-0.25, -0.2) is 0 Å². The first kappa shape index (κ1) is 13.0. The van der Waals surface area contributed by atoms with E-state index in [1.165, 1.54) is 4.90 Å². The topological polar surface area (TPSA) is 86.8 Å². The number of carbonyl (C=O) groups excluding carboxylic acids is 1. The van der Waals surface area contributed by atoms with Gasteiger partial charge in [-0.3, -0.25) is 4.79 Å². The maximum absolute atomic E-state index is 12.3. The molecule has 1 aromatic carbocycles. The Balaban J connectivity index is 2.18. The van der Waals surface area contributed by atoms with Crippen LogP contribution in [0.2, 0.25) is 0 Å². The summed E-state index contributed by atoms with van der Waals surface area (Å²) in [4.78, 5) is 13.7. The number of likely N-dealkylation sites (tertiary alicyclic amines) is 1. The maximum atomic E-state index is 12.3. The van der Waals surface area contributed by atoms with Crippen molar-refractivity contribution < 1.29 is 15.0 Å². The van der Waals surface area contributed by atoms with Crippen molar-refractivity contribution in [3.63, 3.8) is 0 Å². The molecule has 1 amide bonds. The summed E-state index contributed by atoms with van der Waals surface area (Å²) in [5.41, 5.74) is 5.66. The fourth-order valence-electron chi connectivity index (χ4n) is 2.17. The van der Waals surface area contributed by atoms with Crippen LogP contribution in [0.25, 0.3) is 0 Å². The molecule has 0 bridgehead atoms. The van der Waals surface area contributed by atoms with Crippen molar-refractivity contribution in [2.75, 3.05) is 13.1 Å². The van der Waals surface area contributed by atoms with E-state index >= 15 is 0 Å². The number of aliphatic hydroxyl groups excluding tert-OH is 2. The Kier molecular flexibility index (Phi) is 3.38. The van der Waals surface area contributed by atoms with Crippen LogP contribution in [0.3, 0.4) is 0 Å². The van der Waals surface area contributed by atoms with Crippen LogP contribution in [0.1, 0.15) is 12.5 Å². The average molecular weight is 250 g/mol. The number of aliphatic hydroxyl groups is 2. The first-order valence-electron chi connectivity index (χ1n) is 5.93. The van der Waals surface area contributed by atoms with Gasteiger partial charge in [0.25, 0.3) is 0 Å². The van der Waals surface area contributed by atoms with Crippen LogP contribution < -0.4 is 5.73 Å². The third kappa shape index (κ3) is 2.25. The molecule has 1 aliphatic heterocycles. The zero-order valence-corrected chi connectivity index (χ0v) is 10.3. The molecule has 0 spiro atoms. The van der Waals surface area contributed by atoms with Crippen LogP contribution in [0, 0.1) is 0 Å². The third-order valence-corrected chi connectivity index (χ3v) is 3.36. The van der Waals surface area contributed by atoms with E-state index in [0.29, 0.717) is 5.56 Å². The molecule has 0 saturated carbocycles. The molecule has 1 unspecified atom stereocenters. The number of hydrogen-bond acceptors (Lipinski definition) is 4. The van der Waals surface area contributed by atoms with Crippen LogP contribution in [-0.2, 0) is 10.3 Å². The Morgan fingerprint density at radius 1 is 1.28 bits per heavy atom. The zero-order chi connectivity index (χ0) is 13.3. The van der Waals surface area contributed by atoms with Crippen LogP contribution in [-0.4, -0.2) is 46.3 Å². The van der Waals surface area contributed by atoms with E-state index in [1.807, 2.05) is 18.2 Å². The van der Waals surface area contributed by atoms with Crippen LogP contribution in [0.15, 0.2) is 30.3 Å². The molecule has 98 valence electrons. The quantitative estimate of drug-likeness (QED) is 0.655.